The monoisotopic (exact) mass is 202 g/mol. The highest BCUT2D eigenvalue weighted by Crippen LogP contribution is 2.23. The molecule has 0 fully saturated rings. The van der Waals surface area contributed by atoms with Crippen LogP contribution < -0.4 is 0 Å². The van der Waals surface area contributed by atoms with Gasteiger partial charge in [0.1, 0.15) is 0 Å². The Labute approximate surface area is 59.9 Å². The fourth-order valence-corrected chi connectivity index (χ4v) is 0.529. The van der Waals surface area contributed by atoms with Crippen molar-refractivity contribution in [2.24, 2.45) is 0 Å². The number of allylic oxidation sites excluding steroid dienone is 1. The van der Waals surface area contributed by atoms with E-state index in [-0.39, 0.29) is 10.9 Å². The topological polar surface area (TPSA) is 0 Å². The lowest BCUT2D eigenvalue weighted by atomic mass is 10.2. The zero-order valence-electron chi connectivity index (χ0n) is 4.63. The summed E-state index contributed by atoms with van der Waals surface area (Å²) in [5.74, 6) is 0. The lowest BCUT2D eigenvalue weighted by Crippen LogP contribution is -2.08. The number of rotatable bonds is 2. The first-order valence-electron chi connectivity index (χ1n) is 2.25. The standard InChI is InChI=1S/C5H6BrF3/c1-4(3-6)2-5(7,8)9/h1-3H2. The van der Waals surface area contributed by atoms with Crippen LogP contribution in [0.4, 0.5) is 13.2 Å². The van der Waals surface area contributed by atoms with Gasteiger partial charge in [-0.2, -0.15) is 13.2 Å². The Morgan fingerprint density at radius 2 is 1.89 bits per heavy atom. The number of hydrogen-bond donors (Lipinski definition) is 0. The second kappa shape index (κ2) is 3.25. The van der Waals surface area contributed by atoms with Gasteiger partial charge in [-0.05, 0) is 0 Å². The highest BCUT2D eigenvalue weighted by Gasteiger charge is 2.27. The van der Waals surface area contributed by atoms with Crippen molar-refractivity contribution in [2.45, 2.75) is 12.6 Å². The minimum atomic E-state index is -4.11. The van der Waals surface area contributed by atoms with E-state index in [9.17, 15) is 13.2 Å². The molecule has 0 atom stereocenters. The van der Waals surface area contributed by atoms with Crippen molar-refractivity contribution in [1.29, 1.82) is 0 Å². The van der Waals surface area contributed by atoms with E-state index >= 15 is 0 Å². The van der Waals surface area contributed by atoms with Crippen molar-refractivity contribution >= 4 is 15.9 Å². The average molecular weight is 203 g/mol. The summed E-state index contributed by atoms with van der Waals surface area (Å²) in [6.07, 6.45) is -5.00. The smallest absolute Gasteiger partial charge is 0.171 e. The molecule has 0 aromatic rings. The fraction of sp³-hybridized carbons (Fsp3) is 0.600. The minimum absolute atomic E-state index is 0.155. The van der Waals surface area contributed by atoms with Gasteiger partial charge in [-0.1, -0.05) is 28.1 Å². The Kier molecular flexibility index (Phi) is 3.25. The molecule has 0 aliphatic heterocycles. The quantitative estimate of drug-likeness (QED) is 0.478. The van der Waals surface area contributed by atoms with Crippen LogP contribution in [0, 0.1) is 0 Å². The molecule has 0 saturated carbocycles. The first kappa shape index (κ1) is 9.01. The van der Waals surface area contributed by atoms with Crippen LogP contribution in [-0.2, 0) is 0 Å². The maximum atomic E-state index is 11.4. The first-order chi connectivity index (χ1) is 3.95. The summed E-state index contributed by atoms with van der Waals surface area (Å²) < 4.78 is 34.2. The molecule has 0 spiro atoms. The summed E-state index contributed by atoms with van der Waals surface area (Å²) in [7, 11) is 0. The highest BCUT2D eigenvalue weighted by molar-refractivity contribution is 9.09. The molecule has 0 N–H and O–H groups in total. The van der Waals surface area contributed by atoms with Crippen molar-refractivity contribution in [1.82, 2.24) is 0 Å². The van der Waals surface area contributed by atoms with Gasteiger partial charge in [-0.25, -0.2) is 0 Å². The first-order valence-corrected chi connectivity index (χ1v) is 3.37. The molecular formula is C5H6BrF3. The number of halogens is 4. The van der Waals surface area contributed by atoms with Crippen LogP contribution in [0.3, 0.4) is 0 Å². The van der Waals surface area contributed by atoms with Crippen LogP contribution in [0.1, 0.15) is 6.42 Å². The van der Waals surface area contributed by atoms with E-state index in [0.717, 1.165) is 0 Å². The van der Waals surface area contributed by atoms with Gasteiger partial charge in [0.25, 0.3) is 0 Å². The Morgan fingerprint density at radius 3 is 2.00 bits per heavy atom. The van der Waals surface area contributed by atoms with Crippen molar-refractivity contribution in [3.8, 4) is 0 Å². The molecule has 0 aliphatic carbocycles. The zero-order chi connectivity index (χ0) is 7.49. The minimum Gasteiger partial charge on any atom is -0.171 e. The maximum Gasteiger partial charge on any atom is 0.392 e. The molecule has 0 bridgehead atoms. The number of hydrogen-bond acceptors (Lipinski definition) is 0. The van der Waals surface area contributed by atoms with Crippen LogP contribution in [0.2, 0.25) is 0 Å². The Bertz CT molecular complexity index is 105. The average Bonchev–Trinajstić information content (AvgIpc) is 1.62. The molecule has 0 unspecified atom stereocenters. The molecule has 0 amide bonds. The van der Waals surface area contributed by atoms with Gasteiger partial charge in [0, 0.05) is 5.33 Å². The Morgan fingerprint density at radius 1 is 1.44 bits per heavy atom. The third-order valence-corrected chi connectivity index (χ3v) is 1.43. The van der Waals surface area contributed by atoms with Crippen LogP contribution in [0.15, 0.2) is 12.2 Å². The molecule has 0 nitrogen and oxygen atoms in total. The molecule has 0 saturated heterocycles. The van der Waals surface area contributed by atoms with E-state index in [2.05, 4.69) is 22.5 Å². The Hall–Kier alpha value is 0.01000. The van der Waals surface area contributed by atoms with Crippen LogP contribution >= 0.6 is 15.9 Å². The third-order valence-electron chi connectivity index (χ3n) is 0.639. The van der Waals surface area contributed by atoms with Gasteiger partial charge in [0.2, 0.25) is 0 Å². The van der Waals surface area contributed by atoms with Gasteiger partial charge in [0.05, 0.1) is 6.42 Å². The second-order valence-corrected chi connectivity index (χ2v) is 2.24. The molecule has 0 heterocycles. The van der Waals surface area contributed by atoms with E-state index in [1.165, 1.54) is 0 Å². The van der Waals surface area contributed by atoms with E-state index in [4.69, 9.17) is 0 Å². The molecule has 0 aliphatic rings. The second-order valence-electron chi connectivity index (χ2n) is 1.68. The van der Waals surface area contributed by atoms with Crippen LogP contribution in [0.5, 0.6) is 0 Å². The third kappa shape index (κ3) is 5.89. The molecule has 0 radical (unpaired) electrons. The molecule has 4 heteroatoms. The summed E-state index contributed by atoms with van der Waals surface area (Å²) >= 11 is 2.87. The number of alkyl halides is 4. The summed E-state index contributed by atoms with van der Waals surface area (Å²) in [5, 5.41) is 0.215. The molecule has 0 rings (SSSR count). The van der Waals surface area contributed by atoms with E-state index in [1.54, 1.807) is 0 Å². The largest absolute Gasteiger partial charge is 0.392 e. The van der Waals surface area contributed by atoms with Crippen molar-refractivity contribution in [2.75, 3.05) is 5.33 Å². The lowest BCUT2D eigenvalue weighted by Gasteiger charge is -2.04. The van der Waals surface area contributed by atoms with Crippen molar-refractivity contribution in [3.63, 3.8) is 0 Å². The van der Waals surface area contributed by atoms with E-state index in [0.29, 0.717) is 0 Å². The fourth-order valence-electron chi connectivity index (χ4n) is 0.331. The molecule has 0 aromatic carbocycles. The van der Waals surface area contributed by atoms with Gasteiger partial charge in [-0.3, -0.25) is 0 Å². The normalized spacial score (nSPS) is 11.6. The van der Waals surface area contributed by atoms with Gasteiger partial charge in [0.15, 0.2) is 0 Å². The van der Waals surface area contributed by atoms with E-state index < -0.39 is 12.6 Å². The van der Waals surface area contributed by atoms with Crippen molar-refractivity contribution < 1.29 is 13.2 Å². The summed E-state index contributed by atoms with van der Waals surface area (Å²) in [6, 6.07) is 0. The van der Waals surface area contributed by atoms with Gasteiger partial charge in [-0.15, -0.1) is 0 Å². The predicted molar refractivity (Wildman–Crippen MR) is 33.6 cm³/mol. The van der Waals surface area contributed by atoms with Crippen LogP contribution in [0.25, 0.3) is 0 Å². The van der Waals surface area contributed by atoms with Gasteiger partial charge < -0.3 is 0 Å². The van der Waals surface area contributed by atoms with Crippen LogP contribution in [-0.4, -0.2) is 11.5 Å². The molecule has 54 valence electrons. The molecule has 0 aromatic heterocycles. The van der Waals surface area contributed by atoms with Crippen molar-refractivity contribution in [3.05, 3.63) is 12.2 Å². The Balaban J connectivity index is 3.60. The highest BCUT2D eigenvalue weighted by atomic mass is 79.9. The molecular weight excluding hydrogens is 197 g/mol. The predicted octanol–water partition coefficient (Wildman–Crippen LogP) is 2.89. The summed E-state index contributed by atoms with van der Waals surface area (Å²) in [4.78, 5) is 0. The zero-order valence-corrected chi connectivity index (χ0v) is 6.22. The van der Waals surface area contributed by atoms with Gasteiger partial charge >= 0.3 is 6.18 Å². The summed E-state index contributed by atoms with van der Waals surface area (Å²) in [5.41, 5.74) is 0.155. The summed E-state index contributed by atoms with van der Waals surface area (Å²) in [6.45, 7) is 3.19. The van der Waals surface area contributed by atoms with E-state index in [1.807, 2.05) is 0 Å². The molecule has 9 heavy (non-hydrogen) atoms. The maximum absolute atomic E-state index is 11.4. The lowest BCUT2D eigenvalue weighted by molar-refractivity contribution is -0.126. The SMILES string of the molecule is C=C(CBr)CC(F)(F)F.